The molecule has 1 heterocycles. The molecule has 2 unspecified atom stereocenters. The molecule has 2 N–H and O–H groups in total. The average molecular weight is 270 g/mol. The molecule has 0 radical (unpaired) electrons. The first-order valence-electron chi connectivity index (χ1n) is 7.95. The van der Waals surface area contributed by atoms with Crippen molar-refractivity contribution in [3.05, 3.63) is 0 Å². The van der Waals surface area contributed by atoms with E-state index in [1.165, 1.54) is 6.42 Å². The Balaban J connectivity index is 2.48. The van der Waals surface area contributed by atoms with Gasteiger partial charge in [-0.25, -0.2) is 0 Å². The molecular formula is C16H34N2O. The van der Waals surface area contributed by atoms with Gasteiger partial charge < -0.3 is 15.3 Å². The minimum absolute atomic E-state index is 0.269. The molecule has 1 aliphatic rings. The van der Waals surface area contributed by atoms with Gasteiger partial charge in [0.25, 0.3) is 0 Å². The van der Waals surface area contributed by atoms with Crippen LogP contribution in [0.5, 0.6) is 0 Å². The molecule has 0 amide bonds. The molecule has 0 aromatic carbocycles. The molecule has 1 aliphatic heterocycles. The average Bonchev–Trinajstić information content (AvgIpc) is 2.47. The molecule has 114 valence electrons. The van der Waals surface area contributed by atoms with Gasteiger partial charge in [-0.1, -0.05) is 20.8 Å². The maximum Gasteiger partial charge on any atom is 0.0632 e. The Morgan fingerprint density at radius 1 is 1.32 bits per heavy atom. The maximum atomic E-state index is 10.2. The maximum absolute atomic E-state index is 10.2. The number of rotatable bonds is 6. The third kappa shape index (κ3) is 5.80. The lowest BCUT2D eigenvalue weighted by Gasteiger charge is -2.37. The Hall–Kier alpha value is -0.120. The Bertz CT molecular complexity index is 263. The zero-order valence-electron chi connectivity index (χ0n) is 13.6. The van der Waals surface area contributed by atoms with Crippen LogP contribution >= 0.6 is 0 Å². The highest BCUT2D eigenvalue weighted by Crippen LogP contribution is 2.26. The van der Waals surface area contributed by atoms with E-state index >= 15 is 0 Å². The molecule has 0 saturated carbocycles. The summed E-state index contributed by atoms with van der Waals surface area (Å²) in [6, 6.07) is 0.524. The van der Waals surface area contributed by atoms with Crippen LogP contribution in [0.25, 0.3) is 0 Å². The first-order valence-corrected chi connectivity index (χ1v) is 7.95. The highest BCUT2D eigenvalue weighted by Gasteiger charge is 2.31. The lowest BCUT2D eigenvalue weighted by Crippen LogP contribution is -2.47. The Morgan fingerprint density at radius 3 is 2.63 bits per heavy atom. The Labute approximate surface area is 119 Å². The van der Waals surface area contributed by atoms with Gasteiger partial charge in [0.1, 0.15) is 0 Å². The first-order chi connectivity index (χ1) is 8.77. The highest BCUT2D eigenvalue weighted by molar-refractivity contribution is 4.86. The topological polar surface area (TPSA) is 35.5 Å². The number of aliphatic hydroxyl groups is 1. The zero-order valence-corrected chi connectivity index (χ0v) is 13.6. The summed E-state index contributed by atoms with van der Waals surface area (Å²) in [5.74, 6) is 0. The lowest BCUT2D eigenvalue weighted by atomic mass is 9.84. The monoisotopic (exact) mass is 270 g/mol. The molecule has 1 saturated heterocycles. The standard InChI is InChI=1S/C16H34N2O/c1-6-10-17-14(2)15(3,4)13-18-11-7-8-16(5,19)9-12-18/h14,17,19H,6-13H2,1-5H3. The van der Waals surface area contributed by atoms with E-state index in [0.29, 0.717) is 6.04 Å². The van der Waals surface area contributed by atoms with Gasteiger partial charge in [0.15, 0.2) is 0 Å². The molecule has 19 heavy (non-hydrogen) atoms. The van der Waals surface area contributed by atoms with Crippen LogP contribution in [0, 0.1) is 5.41 Å². The van der Waals surface area contributed by atoms with E-state index in [4.69, 9.17) is 0 Å². The van der Waals surface area contributed by atoms with Crippen LogP contribution in [0.3, 0.4) is 0 Å². The molecule has 0 aromatic rings. The summed E-state index contributed by atoms with van der Waals surface area (Å²) < 4.78 is 0. The van der Waals surface area contributed by atoms with Crippen molar-refractivity contribution in [3.63, 3.8) is 0 Å². The zero-order chi connectivity index (χ0) is 14.5. The van der Waals surface area contributed by atoms with Crippen molar-refractivity contribution < 1.29 is 5.11 Å². The second kappa shape index (κ2) is 7.05. The van der Waals surface area contributed by atoms with Crippen molar-refractivity contribution in [2.24, 2.45) is 5.41 Å². The number of hydrogen-bond donors (Lipinski definition) is 2. The van der Waals surface area contributed by atoms with Crippen LogP contribution in [-0.4, -0.2) is 47.8 Å². The number of nitrogens with one attached hydrogen (secondary N) is 1. The SMILES string of the molecule is CCCNC(C)C(C)(C)CN1CCCC(C)(O)CC1. The predicted octanol–water partition coefficient (Wildman–Crippen LogP) is 2.64. The van der Waals surface area contributed by atoms with E-state index < -0.39 is 5.60 Å². The van der Waals surface area contributed by atoms with E-state index in [9.17, 15) is 5.11 Å². The fourth-order valence-electron chi connectivity index (χ4n) is 2.83. The van der Waals surface area contributed by atoms with Gasteiger partial charge in [0.05, 0.1) is 5.60 Å². The van der Waals surface area contributed by atoms with Crippen LogP contribution in [0.15, 0.2) is 0 Å². The van der Waals surface area contributed by atoms with Crippen LogP contribution in [0.1, 0.15) is 60.3 Å². The quantitative estimate of drug-likeness (QED) is 0.779. The normalized spacial score (nSPS) is 28.1. The smallest absolute Gasteiger partial charge is 0.0632 e. The summed E-state index contributed by atoms with van der Waals surface area (Å²) in [5.41, 5.74) is -0.184. The molecule has 0 bridgehead atoms. The molecule has 0 spiro atoms. The van der Waals surface area contributed by atoms with Gasteiger partial charge >= 0.3 is 0 Å². The van der Waals surface area contributed by atoms with E-state index in [1.54, 1.807) is 0 Å². The lowest BCUT2D eigenvalue weighted by molar-refractivity contribution is 0.0426. The third-order valence-electron chi connectivity index (χ3n) is 4.66. The molecule has 1 rings (SSSR count). The van der Waals surface area contributed by atoms with Crippen LogP contribution < -0.4 is 5.32 Å². The summed E-state index contributed by atoms with van der Waals surface area (Å²) in [7, 11) is 0. The minimum Gasteiger partial charge on any atom is -0.390 e. The largest absolute Gasteiger partial charge is 0.390 e. The van der Waals surface area contributed by atoms with Gasteiger partial charge in [-0.15, -0.1) is 0 Å². The van der Waals surface area contributed by atoms with Crippen molar-refractivity contribution in [1.29, 1.82) is 0 Å². The van der Waals surface area contributed by atoms with Crippen molar-refractivity contribution in [2.45, 2.75) is 71.9 Å². The summed E-state index contributed by atoms with van der Waals surface area (Å²) in [6.45, 7) is 15.5. The number of hydrogen-bond acceptors (Lipinski definition) is 3. The second-order valence-corrected chi connectivity index (χ2v) is 7.29. The predicted molar refractivity (Wildman–Crippen MR) is 82.5 cm³/mol. The van der Waals surface area contributed by atoms with Crippen molar-refractivity contribution in [1.82, 2.24) is 10.2 Å². The van der Waals surface area contributed by atoms with E-state index in [1.807, 2.05) is 6.92 Å². The Kier molecular flexibility index (Phi) is 6.28. The molecule has 3 heteroatoms. The molecule has 1 fully saturated rings. The van der Waals surface area contributed by atoms with Crippen LogP contribution in [0.2, 0.25) is 0 Å². The summed E-state index contributed by atoms with van der Waals surface area (Å²) in [5, 5.41) is 13.8. The van der Waals surface area contributed by atoms with Crippen molar-refractivity contribution in [2.75, 3.05) is 26.2 Å². The summed E-state index contributed by atoms with van der Waals surface area (Å²) in [6.07, 6.45) is 4.14. The first kappa shape index (κ1) is 16.9. The van der Waals surface area contributed by atoms with E-state index in [2.05, 4.69) is 37.9 Å². The molecule has 3 nitrogen and oxygen atoms in total. The second-order valence-electron chi connectivity index (χ2n) is 7.29. The third-order valence-corrected chi connectivity index (χ3v) is 4.66. The van der Waals surface area contributed by atoms with Gasteiger partial charge in [-0.05, 0) is 58.0 Å². The van der Waals surface area contributed by atoms with Crippen molar-refractivity contribution >= 4 is 0 Å². The number of nitrogens with zero attached hydrogens (tertiary/aromatic N) is 1. The van der Waals surface area contributed by atoms with Gasteiger partial charge in [0, 0.05) is 19.1 Å². The molecular weight excluding hydrogens is 236 g/mol. The van der Waals surface area contributed by atoms with Gasteiger partial charge in [0.2, 0.25) is 0 Å². The molecule has 0 aromatic heterocycles. The van der Waals surface area contributed by atoms with Gasteiger partial charge in [-0.2, -0.15) is 0 Å². The highest BCUT2D eigenvalue weighted by atomic mass is 16.3. The molecule has 2 atom stereocenters. The molecule has 0 aliphatic carbocycles. The van der Waals surface area contributed by atoms with Gasteiger partial charge in [-0.3, -0.25) is 0 Å². The fraction of sp³-hybridized carbons (Fsp3) is 1.00. The van der Waals surface area contributed by atoms with Crippen LogP contribution in [-0.2, 0) is 0 Å². The number of likely N-dealkylation sites (tertiary alicyclic amines) is 1. The van der Waals surface area contributed by atoms with Crippen LogP contribution in [0.4, 0.5) is 0 Å². The van der Waals surface area contributed by atoms with Crippen molar-refractivity contribution in [3.8, 4) is 0 Å². The summed E-state index contributed by atoms with van der Waals surface area (Å²) >= 11 is 0. The summed E-state index contributed by atoms with van der Waals surface area (Å²) in [4.78, 5) is 2.53. The van der Waals surface area contributed by atoms with E-state index in [0.717, 1.165) is 45.4 Å². The Morgan fingerprint density at radius 2 is 2.00 bits per heavy atom. The fourth-order valence-corrected chi connectivity index (χ4v) is 2.83. The minimum atomic E-state index is -0.453. The van der Waals surface area contributed by atoms with E-state index in [-0.39, 0.29) is 5.41 Å².